The van der Waals surface area contributed by atoms with E-state index in [4.69, 9.17) is 11.6 Å². The van der Waals surface area contributed by atoms with Crippen molar-refractivity contribution in [2.75, 3.05) is 6.54 Å². The van der Waals surface area contributed by atoms with Crippen LogP contribution in [0.4, 0.5) is 4.39 Å². The van der Waals surface area contributed by atoms with Gasteiger partial charge in [-0.3, -0.25) is 0 Å². The van der Waals surface area contributed by atoms with E-state index in [2.05, 4.69) is 17.2 Å². The highest BCUT2D eigenvalue weighted by Crippen LogP contribution is 2.28. The second kappa shape index (κ2) is 6.46. The van der Waals surface area contributed by atoms with Crippen LogP contribution in [0.25, 0.3) is 0 Å². The summed E-state index contributed by atoms with van der Waals surface area (Å²) in [6.45, 7) is 4.93. The number of thiazole rings is 1. The maximum Gasteiger partial charge on any atom is 0.124 e. The van der Waals surface area contributed by atoms with Gasteiger partial charge in [0, 0.05) is 15.9 Å². The van der Waals surface area contributed by atoms with Crippen molar-refractivity contribution in [1.82, 2.24) is 10.3 Å². The zero-order valence-corrected chi connectivity index (χ0v) is 12.5. The first kappa shape index (κ1) is 14.4. The van der Waals surface area contributed by atoms with E-state index in [1.165, 1.54) is 17.0 Å². The first-order valence-electron chi connectivity index (χ1n) is 6.19. The molecule has 0 amide bonds. The number of aromatic nitrogens is 1. The minimum absolute atomic E-state index is 0.167. The van der Waals surface area contributed by atoms with Crippen molar-refractivity contribution in [2.45, 2.75) is 26.3 Å². The fourth-order valence-electron chi connectivity index (χ4n) is 2.06. The topological polar surface area (TPSA) is 24.9 Å². The quantitative estimate of drug-likeness (QED) is 0.897. The summed E-state index contributed by atoms with van der Waals surface area (Å²) in [6, 6.07) is 4.72. The molecule has 0 bridgehead atoms. The van der Waals surface area contributed by atoms with Crippen molar-refractivity contribution in [1.29, 1.82) is 0 Å². The van der Waals surface area contributed by atoms with Gasteiger partial charge in [-0.05, 0) is 37.6 Å². The first-order valence-corrected chi connectivity index (χ1v) is 7.45. The van der Waals surface area contributed by atoms with Crippen molar-refractivity contribution in [3.8, 4) is 0 Å². The number of rotatable bonds is 5. The number of aryl methyl sites for hydroxylation is 1. The zero-order valence-electron chi connectivity index (χ0n) is 10.9. The van der Waals surface area contributed by atoms with Crippen LogP contribution in [-0.2, 0) is 6.42 Å². The molecule has 2 aromatic rings. The van der Waals surface area contributed by atoms with Crippen molar-refractivity contribution in [3.05, 3.63) is 50.7 Å². The summed E-state index contributed by atoms with van der Waals surface area (Å²) in [6.07, 6.45) is 0.732. The van der Waals surface area contributed by atoms with Crippen LogP contribution in [0.2, 0.25) is 5.02 Å². The monoisotopic (exact) mass is 298 g/mol. The molecule has 5 heteroatoms. The summed E-state index contributed by atoms with van der Waals surface area (Å²) in [5.74, 6) is -0.303. The van der Waals surface area contributed by atoms with E-state index in [1.807, 2.05) is 12.4 Å². The van der Waals surface area contributed by atoms with Gasteiger partial charge in [-0.1, -0.05) is 24.6 Å². The molecule has 1 heterocycles. The molecule has 102 valence electrons. The third-order valence-electron chi connectivity index (χ3n) is 2.99. The number of nitrogens with one attached hydrogen (secondary N) is 1. The Morgan fingerprint density at radius 3 is 2.84 bits per heavy atom. The van der Waals surface area contributed by atoms with E-state index in [0.29, 0.717) is 5.02 Å². The number of halogens is 2. The molecular weight excluding hydrogens is 283 g/mol. The molecule has 19 heavy (non-hydrogen) atoms. The van der Waals surface area contributed by atoms with Crippen LogP contribution in [-0.4, -0.2) is 11.5 Å². The number of hydrogen-bond donors (Lipinski definition) is 1. The van der Waals surface area contributed by atoms with Gasteiger partial charge in [-0.2, -0.15) is 0 Å². The summed E-state index contributed by atoms with van der Waals surface area (Å²) in [5.41, 5.74) is 3.83. The first-order chi connectivity index (χ1) is 9.11. The van der Waals surface area contributed by atoms with E-state index < -0.39 is 0 Å². The molecule has 1 aromatic carbocycles. The van der Waals surface area contributed by atoms with Crippen molar-refractivity contribution in [2.24, 2.45) is 0 Å². The number of nitrogens with zero attached hydrogens (tertiary/aromatic N) is 1. The fraction of sp³-hybridized carbons (Fsp3) is 0.357. The van der Waals surface area contributed by atoms with Crippen LogP contribution in [0.5, 0.6) is 0 Å². The maximum atomic E-state index is 13.1. The van der Waals surface area contributed by atoms with Gasteiger partial charge in [0.2, 0.25) is 0 Å². The Labute approximate surface area is 121 Å². The molecule has 2 rings (SSSR count). The fourth-order valence-corrected chi connectivity index (χ4v) is 3.18. The Hall–Kier alpha value is -0.970. The van der Waals surface area contributed by atoms with Crippen molar-refractivity contribution in [3.63, 3.8) is 0 Å². The van der Waals surface area contributed by atoms with Gasteiger partial charge in [0.25, 0.3) is 0 Å². The zero-order chi connectivity index (χ0) is 13.8. The summed E-state index contributed by atoms with van der Waals surface area (Å²) in [5, 5.41) is 3.91. The molecule has 0 aliphatic heterocycles. The van der Waals surface area contributed by atoms with E-state index in [1.54, 1.807) is 17.4 Å². The number of hydrogen-bond acceptors (Lipinski definition) is 3. The van der Waals surface area contributed by atoms with Crippen LogP contribution in [0, 0.1) is 12.7 Å². The Bertz CT molecular complexity index is 556. The number of benzene rings is 1. The molecule has 0 aliphatic carbocycles. The van der Waals surface area contributed by atoms with Gasteiger partial charge >= 0.3 is 0 Å². The third kappa shape index (κ3) is 3.53. The molecule has 0 aliphatic rings. The highest BCUT2D eigenvalue weighted by Gasteiger charge is 2.17. The maximum absolute atomic E-state index is 13.1. The molecule has 1 atom stereocenters. The average Bonchev–Trinajstić information content (AvgIpc) is 2.78. The molecule has 0 saturated carbocycles. The van der Waals surface area contributed by atoms with Gasteiger partial charge in [-0.15, -0.1) is 11.3 Å². The Morgan fingerprint density at radius 2 is 2.26 bits per heavy atom. The van der Waals surface area contributed by atoms with Gasteiger partial charge in [0.1, 0.15) is 5.82 Å². The van der Waals surface area contributed by atoms with Crippen molar-refractivity contribution < 1.29 is 4.39 Å². The van der Waals surface area contributed by atoms with Gasteiger partial charge in [0.15, 0.2) is 0 Å². The largest absolute Gasteiger partial charge is 0.309 e. The third-order valence-corrected chi connectivity index (χ3v) is 4.39. The Balaban J connectivity index is 2.24. The molecule has 0 fully saturated rings. The van der Waals surface area contributed by atoms with E-state index in [9.17, 15) is 4.39 Å². The summed E-state index contributed by atoms with van der Waals surface area (Å²) < 4.78 is 13.1. The summed E-state index contributed by atoms with van der Waals surface area (Å²) >= 11 is 7.73. The molecule has 0 spiro atoms. The minimum Gasteiger partial charge on any atom is -0.309 e. The predicted molar refractivity (Wildman–Crippen MR) is 78.4 cm³/mol. The lowest BCUT2D eigenvalue weighted by Gasteiger charge is -2.18. The lowest BCUT2D eigenvalue weighted by atomic mass is 10.0. The van der Waals surface area contributed by atoms with Crippen LogP contribution < -0.4 is 5.32 Å². The highest BCUT2D eigenvalue weighted by atomic mass is 35.5. The van der Waals surface area contributed by atoms with Crippen LogP contribution in [0.1, 0.15) is 29.1 Å². The van der Waals surface area contributed by atoms with Gasteiger partial charge < -0.3 is 5.32 Å². The Kier molecular flexibility index (Phi) is 4.91. The average molecular weight is 299 g/mol. The van der Waals surface area contributed by atoms with Crippen LogP contribution in [0.15, 0.2) is 23.7 Å². The predicted octanol–water partition coefficient (Wildman–Crippen LogP) is 4.14. The number of likely N-dealkylation sites (N-methyl/N-ethyl adjacent to an activating group) is 1. The summed E-state index contributed by atoms with van der Waals surface area (Å²) in [7, 11) is 0. The lowest BCUT2D eigenvalue weighted by Crippen LogP contribution is -2.23. The normalized spacial score (nSPS) is 12.6. The molecule has 1 N–H and O–H groups in total. The van der Waals surface area contributed by atoms with Crippen LogP contribution >= 0.6 is 22.9 Å². The van der Waals surface area contributed by atoms with Crippen molar-refractivity contribution >= 4 is 22.9 Å². The van der Waals surface area contributed by atoms with Crippen LogP contribution in [0.3, 0.4) is 0 Å². The SMILES string of the molecule is CCNC(Cc1ccc(F)cc1Cl)c1scnc1C. The standard InChI is InChI=1S/C14H16ClFN2S/c1-3-17-13(14-9(2)18-8-19-14)6-10-4-5-11(16)7-12(10)15/h4-5,7-8,13,17H,3,6H2,1-2H3. The second-order valence-corrected chi connectivity index (χ2v) is 5.65. The molecular formula is C14H16ClFN2S. The van der Waals surface area contributed by atoms with Gasteiger partial charge in [0.05, 0.1) is 11.2 Å². The minimum atomic E-state index is -0.303. The molecule has 2 nitrogen and oxygen atoms in total. The van der Waals surface area contributed by atoms with E-state index in [0.717, 1.165) is 24.2 Å². The second-order valence-electron chi connectivity index (χ2n) is 4.35. The molecule has 1 aromatic heterocycles. The molecule has 1 unspecified atom stereocenters. The lowest BCUT2D eigenvalue weighted by molar-refractivity contribution is 0.553. The summed E-state index contributed by atoms with van der Waals surface area (Å²) in [4.78, 5) is 5.49. The smallest absolute Gasteiger partial charge is 0.124 e. The highest BCUT2D eigenvalue weighted by molar-refractivity contribution is 7.09. The van der Waals surface area contributed by atoms with Gasteiger partial charge in [-0.25, -0.2) is 9.37 Å². The van der Waals surface area contributed by atoms with E-state index in [-0.39, 0.29) is 11.9 Å². The Morgan fingerprint density at radius 1 is 1.47 bits per heavy atom. The van der Waals surface area contributed by atoms with E-state index >= 15 is 0 Å². The molecule has 0 saturated heterocycles. The molecule has 0 radical (unpaired) electrons.